The molecule has 0 saturated carbocycles. The van der Waals surface area contributed by atoms with Crippen LogP contribution in [0.2, 0.25) is 0 Å². The predicted octanol–water partition coefficient (Wildman–Crippen LogP) is 2.95. The monoisotopic (exact) mass is 391 g/mol. The number of carbonyl (C=O) groups is 1. The lowest BCUT2D eigenvalue weighted by atomic mass is 9.90. The molecular formula is C19H16F3N3O3. The van der Waals surface area contributed by atoms with Crippen LogP contribution in [0.5, 0.6) is 11.5 Å². The Morgan fingerprint density at radius 1 is 1.14 bits per heavy atom. The molecule has 0 radical (unpaired) electrons. The van der Waals surface area contributed by atoms with Crippen LogP contribution in [0.4, 0.5) is 13.2 Å². The number of amides is 1. The maximum absolute atomic E-state index is 13.6. The number of nitrogens with zero attached hydrogens (tertiary/aromatic N) is 1. The van der Waals surface area contributed by atoms with Gasteiger partial charge in [0, 0.05) is 11.1 Å². The van der Waals surface area contributed by atoms with E-state index in [1.54, 1.807) is 0 Å². The first-order valence-electron chi connectivity index (χ1n) is 8.07. The Hall–Kier alpha value is -3.49. The van der Waals surface area contributed by atoms with Gasteiger partial charge in [-0.25, -0.2) is 0 Å². The maximum atomic E-state index is 13.6. The van der Waals surface area contributed by atoms with Gasteiger partial charge >= 0.3 is 6.18 Å². The van der Waals surface area contributed by atoms with Gasteiger partial charge in [0.25, 0.3) is 5.91 Å². The van der Waals surface area contributed by atoms with Crippen LogP contribution in [0.25, 0.3) is 5.57 Å². The summed E-state index contributed by atoms with van der Waals surface area (Å²) in [5.74, 6) is -0.689. The molecule has 2 aromatic rings. The van der Waals surface area contributed by atoms with Crippen LogP contribution in [0.15, 0.2) is 47.5 Å². The molecule has 0 atom stereocenters. The van der Waals surface area contributed by atoms with Crippen LogP contribution >= 0.6 is 0 Å². The molecule has 0 fully saturated rings. The molecular weight excluding hydrogens is 375 g/mol. The van der Waals surface area contributed by atoms with Crippen LogP contribution < -0.4 is 20.9 Å². The molecule has 2 aromatic carbocycles. The number of fused-ring (bicyclic) bond motifs is 1. The van der Waals surface area contributed by atoms with Gasteiger partial charge in [-0.3, -0.25) is 4.79 Å². The number of methoxy groups -OCH3 is 1. The zero-order valence-corrected chi connectivity index (χ0v) is 14.7. The Kier molecular flexibility index (Phi) is 5.00. The Bertz CT molecular complexity index is 994. The zero-order valence-electron chi connectivity index (χ0n) is 14.7. The molecule has 1 aliphatic heterocycles. The number of ether oxygens (including phenoxy) is 2. The van der Waals surface area contributed by atoms with E-state index in [0.717, 1.165) is 6.07 Å². The highest BCUT2D eigenvalue weighted by Crippen LogP contribution is 2.42. The molecule has 6 nitrogen and oxygen atoms in total. The summed E-state index contributed by atoms with van der Waals surface area (Å²) in [6.07, 6.45) is -3.08. The normalized spacial score (nSPS) is 13.1. The minimum Gasteiger partial charge on any atom is -0.497 e. The van der Waals surface area contributed by atoms with Crippen molar-refractivity contribution >= 4 is 17.4 Å². The number of benzene rings is 2. The summed E-state index contributed by atoms with van der Waals surface area (Å²) in [6, 6.07) is 8.03. The summed E-state index contributed by atoms with van der Waals surface area (Å²) < 4.78 is 51.3. The summed E-state index contributed by atoms with van der Waals surface area (Å²) in [5.41, 5.74) is 10.3. The van der Waals surface area contributed by atoms with Gasteiger partial charge < -0.3 is 20.9 Å². The summed E-state index contributed by atoms with van der Waals surface area (Å²) in [5, 5.41) is 0. The number of halogens is 3. The van der Waals surface area contributed by atoms with Crippen molar-refractivity contribution in [2.75, 3.05) is 13.7 Å². The Morgan fingerprint density at radius 3 is 2.54 bits per heavy atom. The highest BCUT2D eigenvalue weighted by atomic mass is 19.4. The minimum atomic E-state index is -4.60. The highest BCUT2D eigenvalue weighted by molar-refractivity contribution is 6.03. The van der Waals surface area contributed by atoms with E-state index in [9.17, 15) is 18.0 Å². The van der Waals surface area contributed by atoms with Crippen molar-refractivity contribution in [3.63, 3.8) is 0 Å². The van der Waals surface area contributed by atoms with Crippen LogP contribution in [0.1, 0.15) is 27.0 Å². The maximum Gasteiger partial charge on any atom is 0.417 e. The third kappa shape index (κ3) is 3.78. The Morgan fingerprint density at radius 2 is 1.89 bits per heavy atom. The summed E-state index contributed by atoms with van der Waals surface area (Å²) >= 11 is 0. The van der Waals surface area contributed by atoms with Crippen molar-refractivity contribution in [1.29, 1.82) is 0 Å². The third-order valence-electron chi connectivity index (χ3n) is 4.10. The number of hydrogen-bond acceptors (Lipinski definition) is 3. The van der Waals surface area contributed by atoms with Crippen molar-refractivity contribution < 1.29 is 27.4 Å². The van der Waals surface area contributed by atoms with Gasteiger partial charge in [0.2, 0.25) is 0 Å². The molecule has 0 spiro atoms. The van der Waals surface area contributed by atoms with Gasteiger partial charge in [0.05, 0.1) is 12.7 Å². The number of rotatable bonds is 3. The van der Waals surface area contributed by atoms with Crippen molar-refractivity contribution in [1.82, 2.24) is 0 Å². The minimum absolute atomic E-state index is 0.0516. The summed E-state index contributed by atoms with van der Waals surface area (Å²) in [7, 11) is 1.29. The average molecular weight is 391 g/mol. The fourth-order valence-electron chi connectivity index (χ4n) is 2.88. The standard InChI is InChI=1S/C19H16F3N3O3/c1-27-11-3-4-13(15(9-11)19(20,21)22)12-6-7-28-16-5-2-10(8-14(12)16)17(26)25-18(23)24/h2-6,8-9H,7H2,1H3,(H4,23,24,25,26). The second-order valence-corrected chi connectivity index (χ2v) is 5.89. The Balaban J connectivity index is 2.15. The number of hydrogen-bond donors (Lipinski definition) is 2. The third-order valence-corrected chi connectivity index (χ3v) is 4.10. The van der Waals surface area contributed by atoms with E-state index in [-0.39, 0.29) is 29.1 Å². The van der Waals surface area contributed by atoms with Crippen LogP contribution in [0, 0.1) is 0 Å². The van der Waals surface area contributed by atoms with Gasteiger partial charge in [-0.1, -0.05) is 6.07 Å². The lowest BCUT2D eigenvalue weighted by molar-refractivity contribution is -0.137. The van der Waals surface area contributed by atoms with Crippen molar-refractivity contribution in [3.8, 4) is 11.5 Å². The van der Waals surface area contributed by atoms with E-state index >= 15 is 0 Å². The molecule has 9 heteroatoms. The first kappa shape index (κ1) is 19.3. The fourth-order valence-corrected chi connectivity index (χ4v) is 2.88. The average Bonchev–Trinajstić information content (AvgIpc) is 2.65. The molecule has 4 N–H and O–H groups in total. The van der Waals surface area contributed by atoms with E-state index in [4.69, 9.17) is 20.9 Å². The quantitative estimate of drug-likeness (QED) is 0.619. The van der Waals surface area contributed by atoms with Crippen molar-refractivity contribution in [2.45, 2.75) is 6.18 Å². The van der Waals surface area contributed by atoms with E-state index < -0.39 is 23.6 Å². The van der Waals surface area contributed by atoms with Gasteiger partial charge in [-0.15, -0.1) is 0 Å². The summed E-state index contributed by atoms with van der Waals surface area (Å²) in [4.78, 5) is 15.5. The van der Waals surface area contributed by atoms with E-state index in [1.165, 1.54) is 43.5 Å². The van der Waals surface area contributed by atoms with Gasteiger partial charge in [-0.2, -0.15) is 18.2 Å². The molecule has 1 aliphatic rings. The first-order chi connectivity index (χ1) is 13.2. The van der Waals surface area contributed by atoms with Gasteiger partial charge in [0.1, 0.15) is 18.1 Å². The lowest BCUT2D eigenvalue weighted by Crippen LogP contribution is -2.24. The second-order valence-electron chi connectivity index (χ2n) is 5.89. The molecule has 1 amide bonds. The number of nitrogens with two attached hydrogens (primary N) is 2. The SMILES string of the molecule is COc1ccc(C2=CCOc3ccc(C(=O)N=C(N)N)cc32)c(C(F)(F)F)c1. The number of alkyl halides is 3. The lowest BCUT2D eigenvalue weighted by Gasteiger charge is -2.22. The number of carbonyl (C=O) groups excluding carboxylic acids is 1. The van der Waals surface area contributed by atoms with Crippen molar-refractivity contribution in [2.24, 2.45) is 16.5 Å². The van der Waals surface area contributed by atoms with Crippen LogP contribution in [-0.4, -0.2) is 25.6 Å². The molecule has 0 aromatic heterocycles. The molecule has 3 rings (SSSR count). The molecule has 146 valence electrons. The molecule has 1 heterocycles. The van der Waals surface area contributed by atoms with Crippen LogP contribution in [-0.2, 0) is 6.18 Å². The van der Waals surface area contributed by atoms with Gasteiger partial charge in [-0.05, 0) is 47.5 Å². The summed E-state index contributed by atoms with van der Waals surface area (Å²) in [6.45, 7) is 0.0901. The van der Waals surface area contributed by atoms with E-state index in [0.29, 0.717) is 11.3 Å². The van der Waals surface area contributed by atoms with Crippen molar-refractivity contribution in [3.05, 3.63) is 64.7 Å². The highest BCUT2D eigenvalue weighted by Gasteiger charge is 2.35. The molecule has 0 aliphatic carbocycles. The topological polar surface area (TPSA) is 99.9 Å². The smallest absolute Gasteiger partial charge is 0.417 e. The van der Waals surface area contributed by atoms with E-state index in [2.05, 4.69) is 4.99 Å². The van der Waals surface area contributed by atoms with Gasteiger partial charge in [0.15, 0.2) is 5.96 Å². The fraction of sp³-hybridized carbons (Fsp3) is 0.158. The molecule has 0 saturated heterocycles. The Labute approximate surface area is 158 Å². The zero-order chi connectivity index (χ0) is 20.5. The second kappa shape index (κ2) is 7.26. The molecule has 0 unspecified atom stereocenters. The molecule has 0 bridgehead atoms. The molecule has 28 heavy (non-hydrogen) atoms. The predicted molar refractivity (Wildman–Crippen MR) is 97.2 cm³/mol. The number of aliphatic imine (C=N–C) groups is 1. The largest absolute Gasteiger partial charge is 0.497 e. The van der Waals surface area contributed by atoms with Crippen LogP contribution in [0.3, 0.4) is 0 Å². The first-order valence-corrected chi connectivity index (χ1v) is 8.07. The van der Waals surface area contributed by atoms with E-state index in [1.807, 2.05) is 0 Å². The number of guanidine groups is 1.